The Bertz CT molecular complexity index is 2530. The molecule has 1 saturated carbocycles. The van der Waals surface area contributed by atoms with Crippen molar-refractivity contribution in [2.45, 2.75) is 68.9 Å². The molecule has 0 bridgehead atoms. The Morgan fingerprint density at radius 2 is 1.26 bits per heavy atom. The Kier molecular flexibility index (Phi) is 25.7. The van der Waals surface area contributed by atoms with E-state index in [1.54, 1.807) is 38.5 Å². The number of alkyl halides is 3. The van der Waals surface area contributed by atoms with Crippen molar-refractivity contribution in [3.63, 3.8) is 0 Å². The highest BCUT2D eigenvalue weighted by atomic mass is 127. The molecule has 378 valence electrons. The summed E-state index contributed by atoms with van der Waals surface area (Å²) >= 11 is 2.18. The number of aryl methyl sites for hydroxylation is 2. The Labute approximate surface area is 417 Å². The van der Waals surface area contributed by atoms with Crippen molar-refractivity contribution in [1.29, 1.82) is 0 Å². The van der Waals surface area contributed by atoms with E-state index in [9.17, 15) is 45.6 Å². The number of aliphatic carboxylic acids is 5. The number of carboxylic acid groups (broad SMARTS) is 5. The van der Waals surface area contributed by atoms with Gasteiger partial charge in [0.05, 0.1) is 44.3 Å². The average Bonchev–Trinajstić information content (AvgIpc) is 4.13. The van der Waals surface area contributed by atoms with Gasteiger partial charge in [0.1, 0.15) is 18.0 Å². The van der Waals surface area contributed by atoms with Crippen LogP contribution in [-0.2, 0) is 53.3 Å². The summed E-state index contributed by atoms with van der Waals surface area (Å²) in [5, 5.41) is 42.5. The minimum absolute atomic E-state index is 0.0999. The second kappa shape index (κ2) is 30.2. The van der Waals surface area contributed by atoms with Gasteiger partial charge in [-0.05, 0) is 107 Å². The molecule has 0 aromatic heterocycles. The molecule has 1 aliphatic carbocycles. The van der Waals surface area contributed by atoms with E-state index in [1.165, 1.54) is 12.1 Å². The summed E-state index contributed by atoms with van der Waals surface area (Å²) in [5.41, 5.74) is 4.78. The summed E-state index contributed by atoms with van der Waals surface area (Å²) in [6, 6.07) is 38.4. The number of sulfonamides is 1. The van der Waals surface area contributed by atoms with Crippen LogP contribution < -0.4 is 9.47 Å². The smallest absolute Gasteiger partial charge is 0.389 e. The van der Waals surface area contributed by atoms with Crippen molar-refractivity contribution >= 4 is 62.5 Å². The third-order valence-electron chi connectivity index (χ3n) is 9.79. The molecule has 0 radical (unpaired) electrons. The number of carbonyl (C=O) groups is 5. The fraction of sp³-hybridized carbons (Fsp3) is 0.300. The van der Waals surface area contributed by atoms with Crippen molar-refractivity contribution in [3.05, 3.63) is 159 Å². The molecule has 5 aromatic rings. The number of ether oxygens (including phenoxy) is 2. The minimum Gasteiger partial charge on any atom is -0.497 e. The fourth-order valence-electron chi connectivity index (χ4n) is 6.05. The first-order chi connectivity index (χ1) is 32.9. The first-order valence-corrected chi connectivity index (χ1v) is 23.7. The SMILES string of the molecule is COc1ccc(CCC(=O)O)c(OC)c1.Cc1ccc(S(=O)(=O)N(CCc2ccccc2)CC(=O)O)cc1.O=C(O)CCC(F)(F)F.O=C(O)Cc1ccc(I)cc1.O=C(O)[C@@H]1C[C@H]1c1ccccc1. The van der Waals surface area contributed by atoms with Gasteiger partial charge in [0.2, 0.25) is 10.0 Å². The minimum atomic E-state index is -4.35. The van der Waals surface area contributed by atoms with Gasteiger partial charge in [0, 0.05) is 22.6 Å². The lowest BCUT2D eigenvalue weighted by Gasteiger charge is -2.20. The maximum Gasteiger partial charge on any atom is 0.389 e. The van der Waals surface area contributed by atoms with Gasteiger partial charge < -0.3 is 35.0 Å². The van der Waals surface area contributed by atoms with Gasteiger partial charge in [-0.1, -0.05) is 96.6 Å². The molecular weight excluding hydrogens is 1050 g/mol. The number of methoxy groups -OCH3 is 2. The molecule has 6 rings (SSSR count). The Balaban J connectivity index is 0.000000314. The molecular formula is C50H55F3INO14S. The van der Waals surface area contributed by atoms with Gasteiger partial charge in [0.25, 0.3) is 0 Å². The van der Waals surface area contributed by atoms with E-state index in [0.717, 1.165) is 42.1 Å². The van der Waals surface area contributed by atoms with Crippen LogP contribution in [0.2, 0.25) is 0 Å². The molecule has 0 heterocycles. The Morgan fingerprint density at radius 3 is 1.71 bits per heavy atom. The standard InChI is InChI=1S/C17H19NO4S.C11H14O4.C10H10O2.C8H7IO2.C4H5F3O2/c1-14-7-9-16(10-8-14)23(21,22)18(13-17(19)20)12-11-15-5-3-2-4-6-15;1-14-9-5-3-8(4-6-11(12)13)10(7-9)15-2;11-10(12)9-6-8(9)7-4-2-1-3-5-7;9-7-3-1-6(2-4-7)5-8(10)11;5-4(6,7)2-1-3(8)9/h2-10H,11-13H2,1H3,(H,19,20);3,5,7H,4,6H2,1-2H3,(H,12,13);1-5,8-9H,6H2,(H,11,12);1-4H,5H2,(H,10,11);1-2H2,(H,8,9)/t;;8-,9+;;/m..0../s1. The second-order valence-corrected chi connectivity index (χ2v) is 18.4. The number of hydrogen-bond donors (Lipinski definition) is 5. The average molecular weight is 1110 g/mol. The van der Waals surface area contributed by atoms with E-state index in [1.807, 2.05) is 97.9 Å². The Morgan fingerprint density at radius 1 is 0.686 bits per heavy atom. The molecule has 5 N–H and O–H groups in total. The lowest BCUT2D eigenvalue weighted by molar-refractivity contribution is -0.152. The molecule has 15 nitrogen and oxygen atoms in total. The second-order valence-electron chi connectivity index (χ2n) is 15.3. The first-order valence-electron chi connectivity index (χ1n) is 21.2. The summed E-state index contributed by atoms with van der Waals surface area (Å²) in [6.07, 6.45) is -4.51. The third kappa shape index (κ3) is 24.2. The highest BCUT2D eigenvalue weighted by Crippen LogP contribution is 2.47. The highest BCUT2D eigenvalue weighted by Gasteiger charge is 2.43. The van der Waals surface area contributed by atoms with Crippen molar-refractivity contribution in [2.24, 2.45) is 5.92 Å². The van der Waals surface area contributed by atoms with Gasteiger partial charge in [-0.3, -0.25) is 24.0 Å². The monoisotopic (exact) mass is 1110 g/mol. The molecule has 1 fully saturated rings. The maximum atomic E-state index is 12.7. The predicted molar refractivity (Wildman–Crippen MR) is 262 cm³/mol. The van der Waals surface area contributed by atoms with E-state index >= 15 is 0 Å². The van der Waals surface area contributed by atoms with E-state index < -0.39 is 65.4 Å². The van der Waals surface area contributed by atoms with Crippen molar-refractivity contribution in [3.8, 4) is 11.5 Å². The van der Waals surface area contributed by atoms with Crippen LogP contribution in [0.4, 0.5) is 13.2 Å². The number of benzene rings is 5. The largest absolute Gasteiger partial charge is 0.497 e. The van der Waals surface area contributed by atoms with Gasteiger partial charge in [0.15, 0.2) is 0 Å². The van der Waals surface area contributed by atoms with Gasteiger partial charge >= 0.3 is 36.0 Å². The predicted octanol–water partition coefficient (Wildman–Crippen LogP) is 9.24. The summed E-state index contributed by atoms with van der Waals surface area (Å²) < 4.78 is 71.1. The normalized spacial score (nSPS) is 13.4. The van der Waals surface area contributed by atoms with Gasteiger partial charge in [-0.25, -0.2) is 8.42 Å². The van der Waals surface area contributed by atoms with E-state index in [4.69, 9.17) is 35.0 Å². The van der Waals surface area contributed by atoms with Crippen LogP contribution in [0.1, 0.15) is 59.4 Å². The van der Waals surface area contributed by atoms with Crippen LogP contribution in [0.15, 0.2) is 132 Å². The van der Waals surface area contributed by atoms with Crippen molar-refractivity contribution < 1.29 is 80.6 Å². The third-order valence-corrected chi connectivity index (χ3v) is 12.4. The molecule has 0 spiro atoms. The summed E-state index contributed by atoms with van der Waals surface area (Å²) in [4.78, 5) is 51.9. The van der Waals surface area contributed by atoms with E-state index in [2.05, 4.69) is 22.6 Å². The molecule has 0 amide bonds. The number of nitrogens with zero attached hydrogens (tertiary/aromatic N) is 1. The first kappa shape index (κ1) is 59.6. The highest BCUT2D eigenvalue weighted by molar-refractivity contribution is 14.1. The number of rotatable bonds is 18. The summed E-state index contributed by atoms with van der Waals surface area (Å²) in [5.74, 6) is -3.36. The van der Waals surface area contributed by atoms with Gasteiger partial charge in [-0.15, -0.1) is 0 Å². The van der Waals surface area contributed by atoms with E-state index in [0.29, 0.717) is 24.3 Å². The zero-order valence-electron chi connectivity index (χ0n) is 38.4. The number of halogens is 4. The van der Waals surface area contributed by atoms with Crippen LogP contribution >= 0.6 is 22.6 Å². The topological polar surface area (TPSA) is 242 Å². The van der Waals surface area contributed by atoms with Crippen LogP contribution in [0.25, 0.3) is 0 Å². The van der Waals surface area contributed by atoms with Crippen molar-refractivity contribution in [2.75, 3.05) is 27.3 Å². The molecule has 70 heavy (non-hydrogen) atoms. The van der Waals surface area contributed by atoms with Crippen LogP contribution in [0.3, 0.4) is 0 Å². The summed E-state index contributed by atoms with van der Waals surface area (Å²) in [6.45, 7) is 1.43. The van der Waals surface area contributed by atoms with Crippen LogP contribution in [0, 0.1) is 16.4 Å². The summed E-state index contributed by atoms with van der Waals surface area (Å²) in [7, 11) is -0.701. The van der Waals surface area contributed by atoms with Crippen LogP contribution in [-0.4, -0.2) is 102 Å². The number of hydrogen-bond acceptors (Lipinski definition) is 9. The molecule has 0 aliphatic heterocycles. The molecule has 2 atom stereocenters. The molecule has 20 heteroatoms. The zero-order valence-corrected chi connectivity index (χ0v) is 41.4. The quantitative estimate of drug-likeness (QED) is 0.0514. The molecule has 1 aliphatic rings. The Hall–Kier alpha value is -6.52. The zero-order chi connectivity index (χ0) is 52.4. The number of carboxylic acids is 5. The van der Waals surface area contributed by atoms with E-state index in [-0.39, 0.29) is 36.1 Å². The van der Waals surface area contributed by atoms with Crippen LogP contribution in [0.5, 0.6) is 11.5 Å². The van der Waals surface area contributed by atoms with Crippen molar-refractivity contribution in [1.82, 2.24) is 4.31 Å². The lowest BCUT2D eigenvalue weighted by atomic mass is 10.1. The molecule has 0 unspecified atom stereocenters. The maximum absolute atomic E-state index is 12.7. The molecule has 0 saturated heterocycles. The molecule has 5 aromatic carbocycles. The fourth-order valence-corrected chi connectivity index (χ4v) is 7.80. The van der Waals surface area contributed by atoms with Gasteiger partial charge in [-0.2, -0.15) is 17.5 Å². The lowest BCUT2D eigenvalue weighted by Crippen LogP contribution is -2.37.